The molecule has 1 aliphatic heterocycles. The highest BCUT2D eigenvalue weighted by Crippen LogP contribution is 2.43. The van der Waals surface area contributed by atoms with Crippen molar-refractivity contribution in [2.75, 3.05) is 17.7 Å². The molecule has 0 bridgehead atoms. The Morgan fingerprint density at radius 2 is 1.94 bits per heavy atom. The van der Waals surface area contributed by atoms with Gasteiger partial charge in [0, 0.05) is 23.2 Å². The van der Waals surface area contributed by atoms with E-state index in [1.54, 1.807) is 49.4 Å². The lowest BCUT2D eigenvalue weighted by atomic mass is 9.97. The van der Waals surface area contributed by atoms with Gasteiger partial charge in [0.2, 0.25) is 0 Å². The van der Waals surface area contributed by atoms with Crippen LogP contribution in [0.15, 0.2) is 48.5 Å². The molecule has 0 fully saturated rings. The van der Waals surface area contributed by atoms with Gasteiger partial charge in [0.1, 0.15) is 11.6 Å². The van der Waals surface area contributed by atoms with Crippen LogP contribution in [0.5, 0.6) is 5.75 Å². The number of carbonyl (C=O) groups is 1. The Morgan fingerprint density at radius 1 is 1.22 bits per heavy atom. The van der Waals surface area contributed by atoms with Crippen LogP contribution in [-0.4, -0.2) is 29.0 Å². The first-order valence-corrected chi connectivity index (χ1v) is 10.2. The number of rotatable bonds is 4. The minimum atomic E-state index is -4.54. The smallest absolute Gasteiger partial charge is 0.410 e. The SMILES string of the molecule is COc1ccc([C@@H]2C[C@H](C(F)(F)F)n3nc(C(=O)Nc4cc(Cl)ccc4C)cc3N2)cc1. The maximum Gasteiger partial charge on any atom is 0.410 e. The molecular formula is C22H20ClF3N4O2. The molecule has 10 heteroatoms. The zero-order valence-electron chi connectivity index (χ0n) is 17.2. The quantitative estimate of drug-likeness (QED) is 0.514. The average Bonchev–Trinajstić information content (AvgIpc) is 3.19. The molecule has 6 nitrogen and oxygen atoms in total. The molecule has 0 unspecified atom stereocenters. The topological polar surface area (TPSA) is 68.2 Å². The first kappa shape index (κ1) is 22.0. The first-order valence-electron chi connectivity index (χ1n) is 9.80. The minimum absolute atomic E-state index is 0.118. The van der Waals surface area contributed by atoms with E-state index in [1.807, 2.05) is 0 Å². The van der Waals surface area contributed by atoms with Crippen LogP contribution in [-0.2, 0) is 0 Å². The van der Waals surface area contributed by atoms with Gasteiger partial charge in [-0.05, 0) is 42.3 Å². The number of hydrogen-bond donors (Lipinski definition) is 2. The zero-order valence-corrected chi connectivity index (χ0v) is 18.0. The van der Waals surface area contributed by atoms with Gasteiger partial charge in [-0.1, -0.05) is 29.8 Å². The number of anilines is 2. The summed E-state index contributed by atoms with van der Waals surface area (Å²) in [4.78, 5) is 12.7. The lowest BCUT2D eigenvalue weighted by Crippen LogP contribution is -2.35. The number of carbonyl (C=O) groups excluding carboxylic acids is 1. The predicted molar refractivity (Wildman–Crippen MR) is 115 cm³/mol. The van der Waals surface area contributed by atoms with Gasteiger partial charge in [-0.25, -0.2) is 4.68 Å². The maximum absolute atomic E-state index is 13.9. The number of aromatic nitrogens is 2. The van der Waals surface area contributed by atoms with Crippen molar-refractivity contribution in [3.63, 3.8) is 0 Å². The van der Waals surface area contributed by atoms with E-state index in [4.69, 9.17) is 16.3 Å². The van der Waals surface area contributed by atoms with Gasteiger partial charge in [-0.15, -0.1) is 0 Å². The standard InChI is InChI=1S/C22H20ClF3N4O2/c1-12-3-6-14(23)9-16(12)28-21(31)18-11-20-27-17(13-4-7-15(32-2)8-5-13)10-19(22(24,25)26)30(20)29-18/h3-9,11,17,19,27H,10H2,1-2H3,(H,28,31)/t17-,19+/m0/s1. The number of nitrogens with zero attached hydrogens (tertiary/aromatic N) is 2. The van der Waals surface area contributed by atoms with E-state index in [0.29, 0.717) is 22.0 Å². The highest BCUT2D eigenvalue weighted by atomic mass is 35.5. The third-order valence-electron chi connectivity index (χ3n) is 5.39. The Labute approximate surface area is 187 Å². The average molecular weight is 465 g/mol. The molecule has 1 aliphatic rings. The van der Waals surface area contributed by atoms with Gasteiger partial charge in [0.05, 0.1) is 13.2 Å². The lowest BCUT2D eigenvalue weighted by molar-refractivity contribution is -0.173. The number of alkyl halides is 3. The fourth-order valence-electron chi connectivity index (χ4n) is 3.65. The van der Waals surface area contributed by atoms with Crippen molar-refractivity contribution < 1.29 is 22.7 Å². The molecule has 0 saturated heterocycles. The molecule has 2 atom stereocenters. The Hall–Kier alpha value is -3.20. The second kappa shape index (κ2) is 8.38. The molecule has 0 radical (unpaired) electrons. The van der Waals surface area contributed by atoms with Crippen molar-refractivity contribution in [3.05, 3.63) is 70.4 Å². The summed E-state index contributed by atoms with van der Waals surface area (Å²) in [6.07, 6.45) is -4.80. The molecule has 4 rings (SSSR count). The van der Waals surface area contributed by atoms with E-state index in [9.17, 15) is 18.0 Å². The van der Waals surface area contributed by atoms with Crippen LogP contribution in [0.3, 0.4) is 0 Å². The number of benzene rings is 2. The molecule has 0 spiro atoms. The third kappa shape index (κ3) is 4.38. The van der Waals surface area contributed by atoms with E-state index in [1.165, 1.54) is 13.2 Å². The van der Waals surface area contributed by atoms with Crippen LogP contribution in [0.1, 0.15) is 40.1 Å². The lowest BCUT2D eigenvalue weighted by Gasteiger charge is -2.33. The molecule has 32 heavy (non-hydrogen) atoms. The summed E-state index contributed by atoms with van der Waals surface area (Å²) in [7, 11) is 1.52. The molecule has 168 valence electrons. The summed E-state index contributed by atoms with van der Waals surface area (Å²) >= 11 is 5.98. The fraction of sp³-hybridized carbons (Fsp3) is 0.273. The van der Waals surface area contributed by atoms with Crippen LogP contribution in [0.2, 0.25) is 5.02 Å². The third-order valence-corrected chi connectivity index (χ3v) is 5.62. The molecule has 2 aromatic carbocycles. The van der Waals surface area contributed by atoms with Crippen molar-refractivity contribution in [2.45, 2.75) is 31.6 Å². The van der Waals surface area contributed by atoms with E-state index in [2.05, 4.69) is 15.7 Å². The van der Waals surface area contributed by atoms with Gasteiger partial charge >= 0.3 is 6.18 Å². The molecule has 1 aromatic heterocycles. The second-order valence-electron chi connectivity index (χ2n) is 7.54. The monoisotopic (exact) mass is 464 g/mol. The Balaban J connectivity index is 1.64. The van der Waals surface area contributed by atoms with E-state index < -0.39 is 24.2 Å². The van der Waals surface area contributed by atoms with Gasteiger partial charge in [0.25, 0.3) is 5.91 Å². The summed E-state index contributed by atoms with van der Waals surface area (Å²) < 4.78 is 47.5. The highest BCUT2D eigenvalue weighted by molar-refractivity contribution is 6.31. The number of amides is 1. The molecule has 2 N–H and O–H groups in total. The summed E-state index contributed by atoms with van der Waals surface area (Å²) in [6, 6.07) is 10.6. The van der Waals surface area contributed by atoms with Gasteiger partial charge in [-0.2, -0.15) is 18.3 Å². The van der Waals surface area contributed by atoms with E-state index >= 15 is 0 Å². The van der Waals surface area contributed by atoms with E-state index in [0.717, 1.165) is 10.2 Å². The summed E-state index contributed by atoms with van der Waals surface area (Å²) in [6.45, 7) is 1.78. The number of fused-ring (bicyclic) bond motifs is 1. The Bertz CT molecular complexity index is 1150. The zero-order chi connectivity index (χ0) is 23.0. The molecular weight excluding hydrogens is 445 g/mol. The number of ether oxygens (including phenoxy) is 1. The van der Waals surface area contributed by atoms with E-state index in [-0.39, 0.29) is 17.9 Å². The van der Waals surface area contributed by atoms with Crippen LogP contribution in [0, 0.1) is 6.92 Å². The van der Waals surface area contributed by atoms with Crippen molar-refractivity contribution in [3.8, 4) is 5.75 Å². The molecule has 2 heterocycles. The number of halogens is 4. The van der Waals surface area contributed by atoms with Crippen molar-refractivity contribution in [1.29, 1.82) is 0 Å². The first-order chi connectivity index (χ1) is 15.2. The molecule has 3 aromatic rings. The van der Waals surface area contributed by atoms with Gasteiger partial charge in [-0.3, -0.25) is 4.79 Å². The largest absolute Gasteiger partial charge is 0.497 e. The Kier molecular flexibility index (Phi) is 5.77. The molecule has 0 saturated carbocycles. The highest BCUT2D eigenvalue weighted by Gasteiger charge is 2.46. The van der Waals surface area contributed by atoms with Crippen molar-refractivity contribution in [2.24, 2.45) is 0 Å². The van der Waals surface area contributed by atoms with Gasteiger partial charge < -0.3 is 15.4 Å². The summed E-state index contributed by atoms with van der Waals surface area (Å²) in [5.74, 6) is 0.102. The van der Waals surface area contributed by atoms with Crippen LogP contribution in [0.25, 0.3) is 0 Å². The van der Waals surface area contributed by atoms with Crippen molar-refractivity contribution in [1.82, 2.24) is 9.78 Å². The summed E-state index contributed by atoms with van der Waals surface area (Å²) in [5.41, 5.74) is 1.77. The number of nitrogens with one attached hydrogen (secondary N) is 2. The van der Waals surface area contributed by atoms with Crippen molar-refractivity contribution >= 4 is 29.0 Å². The fourth-order valence-corrected chi connectivity index (χ4v) is 3.83. The summed E-state index contributed by atoms with van der Waals surface area (Å²) in [5, 5.41) is 10.1. The van der Waals surface area contributed by atoms with Gasteiger partial charge in [0.15, 0.2) is 11.7 Å². The van der Waals surface area contributed by atoms with Crippen LogP contribution in [0.4, 0.5) is 24.7 Å². The number of aryl methyl sites for hydroxylation is 1. The Morgan fingerprint density at radius 3 is 2.59 bits per heavy atom. The molecule has 1 amide bonds. The maximum atomic E-state index is 13.9. The minimum Gasteiger partial charge on any atom is -0.497 e. The predicted octanol–water partition coefficient (Wildman–Crippen LogP) is 5.77. The second-order valence-corrected chi connectivity index (χ2v) is 7.97. The molecule has 0 aliphatic carbocycles. The normalized spacial score (nSPS) is 17.9. The van der Waals surface area contributed by atoms with Crippen LogP contribution < -0.4 is 15.4 Å². The number of methoxy groups -OCH3 is 1. The van der Waals surface area contributed by atoms with Crippen LogP contribution >= 0.6 is 11.6 Å². The number of hydrogen-bond acceptors (Lipinski definition) is 4.